The molecule has 2 rings (SSSR count). The largest absolute Gasteiger partial charge is 0.314 e. The predicted octanol–water partition coefficient (Wildman–Crippen LogP) is 0.638. The molecule has 1 unspecified atom stereocenters. The molecule has 4 nitrogen and oxygen atoms in total. The Labute approximate surface area is 105 Å². The van der Waals surface area contributed by atoms with Gasteiger partial charge in [-0.05, 0) is 19.9 Å². The van der Waals surface area contributed by atoms with Gasteiger partial charge in [0.15, 0.2) is 9.84 Å². The van der Waals surface area contributed by atoms with Crippen molar-refractivity contribution in [2.24, 2.45) is 0 Å². The van der Waals surface area contributed by atoms with Crippen LogP contribution in [0.5, 0.6) is 0 Å². The molecule has 1 aliphatic carbocycles. The second-order valence-corrected chi connectivity index (χ2v) is 7.75. The van der Waals surface area contributed by atoms with Crippen LogP contribution in [0.25, 0.3) is 0 Å². The highest BCUT2D eigenvalue weighted by Crippen LogP contribution is 2.25. The zero-order valence-electron chi connectivity index (χ0n) is 10.7. The molecule has 1 N–H and O–H groups in total. The fraction of sp³-hybridized carbons (Fsp3) is 1.00. The Hall–Kier alpha value is -0.130. The van der Waals surface area contributed by atoms with Gasteiger partial charge in [-0.1, -0.05) is 19.3 Å². The maximum atomic E-state index is 12.3. The lowest BCUT2D eigenvalue weighted by molar-refractivity contribution is 0.216. The van der Waals surface area contributed by atoms with Crippen molar-refractivity contribution in [3.05, 3.63) is 0 Å². The van der Waals surface area contributed by atoms with Crippen LogP contribution >= 0.6 is 0 Å². The number of nitrogens with one attached hydrogen (secondary N) is 1. The van der Waals surface area contributed by atoms with E-state index in [0.29, 0.717) is 5.75 Å². The molecule has 1 saturated heterocycles. The Kier molecular flexibility index (Phi) is 4.44. The van der Waals surface area contributed by atoms with E-state index in [1.807, 2.05) is 7.05 Å². The number of hydrogen-bond donors (Lipinski definition) is 1. The molecule has 0 bridgehead atoms. The quantitative estimate of drug-likeness (QED) is 0.809. The SMILES string of the molecule is CN1CCNCC1CS(=O)(=O)C1CCCCC1. The molecule has 0 spiro atoms. The predicted molar refractivity (Wildman–Crippen MR) is 69.9 cm³/mol. The van der Waals surface area contributed by atoms with Crippen molar-refractivity contribution in [1.29, 1.82) is 0 Å². The van der Waals surface area contributed by atoms with E-state index in [1.165, 1.54) is 6.42 Å². The third-order valence-corrected chi connectivity index (χ3v) is 6.47. The molecular formula is C12H24N2O2S. The van der Waals surface area contributed by atoms with Crippen molar-refractivity contribution >= 4 is 9.84 Å². The maximum absolute atomic E-state index is 12.3. The molecule has 0 aromatic rings. The number of hydrogen-bond acceptors (Lipinski definition) is 4. The summed E-state index contributed by atoms with van der Waals surface area (Å²) < 4.78 is 24.7. The third kappa shape index (κ3) is 3.42. The lowest BCUT2D eigenvalue weighted by Crippen LogP contribution is -2.53. The average molecular weight is 260 g/mol. The first-order valence-corrected chi connectivity index (χ1v) is 8.43. The Morgan fingerprint density at radius 1 is 1.24 bits per heavy atom. The van der Waals surface area contributed by atoms with Crippen LogP contribution in [0, 0.1) is 0 Å². The lowest BCUT2D eigenvalue weighted by Gasteiger charge is -2.34. The van der Waals surface area contributed by atoms with Crippen molar-refractivity contribution in [2.75, 3.05) is 32.4 Å². The number of rotatable bonds is 3. The number of likely N-dealkylation sites (N-methyl/N-ethyl adjacent to an activating group) is 1. The van der Waals surface area contributed by atoms with Gasteiger partial charge in [0.1, 0.15) is 0 Å². The van der Waals surface area contributed by atoms with E-state index in [-0.39, 0.29) is 11.3 Å². The Balaban J connectivity index is 1.95. The van der Waals surface area contributed by atoms with E-state index in [9.17, 15) is 8.42 Å². The number of piperazine rings is 1. The summed E-state index contributed by atoms with van der Waals surface area (Å²) in [6.07, 6.45) is 5.14. The van der Waals surface area contributed by atoms with E-state index >= 15 is 0 Å². The van der Waals surface area contributed by atoms with Crippen molar-refractivity contribution < 1.29 is 8.42 Å². The molecule has 17 heavy (non-hydrogen) atoms. The molecule has 1 atom stereocenters. The summed E-state index contributed by atoms with van der Waals surface area (Å²) in [6.45, 7) is 2.73. The molecular weight excluding hydrogens is 236 g/mol. The van der Waals surface area contributed by atoms with Gasteiger partial charge in [-0.3, -0.25) is 4.90 Å². The van der Waals surface area contributed by atoms with Gasteiger partial charge in [0.05, 0.1) is 11.0 Å². The fourth-order valence-corrected chi connectivity index (χ4v) is 5.11. The summed E-state index contributed by atoms with van der Waals surface area (Å²) in [4.78, 5) is 2.18. The van der Waals surface area contributed by atoms with Crippen LogP contribution in [0.4, 0.5) is 0 Å². The Bertz CT molecular complexity index is 336. The zero-order valence-corrected chi connectivity index (χ0v) is 11.5. The molecule has 1 heterocycles. The molecule has 1 saturated carbocycles. The van der Waals surface area contributed by atoms with Crippen molar-refractivity contribution in [1.82, 2.24) is 10.2 Å². The van der Waals surface area contributed by atoms with Gasteiger partial charge >= 0.3 is 0 Å². The van der Waals surface area contributed by atoms with E-state index in [0.717, 1.165) is 45.3 Å². The van der Waals surface area contributed by atoms with Crippen LogP contribution < -0.4 is 5.32 Å². The molecule has 5 heteroatoms. The van der Waals surface area contributed by atoms with Crippen molar-refractivity contribution in [3.8, 4) is 0 Å². The van der Waals surface area contributed by atoms with Gasteiger partial charge in [0, 0.05) is 25.7 Å². The molecule has 0 aromatic carbocycles. The van der Waals surface area contributed by atoms with Gasteiger partial charge in [-0.15, -0.1) is 0 Å². The summed E-state index contributed by atoms with van der Waals surface area (Å²) in [7, 11) is -0.868. The first-order chi connectivity index (χ1) is 8.09. The monoisotopic (exact) mass is 260 g/mol. The summed E-state index contributed by atoms with van der Waals surface area (Å²) in [5.74, 6) is 0.334. The van der Waals surface area contributed by atoms with Gasteiger partial charge in [0.2, 0.25) is 0 Å². The van der Waals surface area contributed by atoms with E-state index in [2.05, 4.69) is 10.2 Å². The maximum Gasteiger partial charge on any atom is 0.154 e. The molecule has 2 aliphatic rings. The van der Waals surface area contributed by atoms with Gasteiger partial charge in [-0.2, -0.15) is 0 Å². The van der Waals surface area contributed by atoms with E-state index in [1.54, 1.807) is 0 Å². The topological polar surface area (TPSA) is 49.4 Å². The summed E-state index contributed by atoms with van der Waals surface area (Å²) in [6, 6.07) is 0.163. The van der Waals surface area contributed by atoms with Crippen molar-refractivity contribution in [3.63, 3.8) is 0 Å². The first-order valence-electron chi connectivity index (χ1n) is 6.72. The molecule has 0 radical (unpaired) electrons. The first kappa shape index (κ1) is 13.3. The normalized spacial score (nSPS) is 29.4. The standard InChI is InChI=1S/C12H24N2O2S/c1-14-8-7-13-9-11(14)10-17(15,16)12-5-3-2-4-6-12/h11-13H,2-10H2,1H3. The van der Waals surface area contributed by atoms with Crippen LogP contribution in [-0.4, -0.2) is 57.0 Å². The number of nitrogens with zero attached hydrogens (tertiary/aromatic N) is 1. The molecule has 2 fully saturated rings. The second kappa shape index (κ2) is 5.67. The summed E-state index contributed by atoms with van der Waals surface area (Å²) >= 11 is 0. The van der Waals surface area contributed by atoms with Crippen LogP contribution in [0.1, 0.15) is 32.1 Å². The van der Waals surface area contributed by atoms with Crippen molar-refractivity contribution in [2.45, 2.75) is 43.4 Å². The van der Waals surface area contributed by atoms with Crippen LogP contribution in [-0.2, 0) is 9.84 Å². The molecule has 100 valence electrons. The van der Waals surface area contributed by atoms with E-state index < -0.39 is 9.84 Å². The minimum Gasteiger partial charge on any atom is -0.314 e. The minimum atomic E-state index is -2.90. The van der Waals surface area contributed by atoms with Crippen LogP contribution in [0.15, 0.2) is 0 Å². The van der Waals surface area contributed by atoms with Gasteiger partial charge < -0.3 is 5.32 Å². The number of sulfone groups is 1. The Morgan fingerprint density at radius 3 is 2.59 bits per heavy atom. The van der Waals surface area contributed by atoms with Gasteiger partial charge in [-0.25, -0.2) is 8.42 Å². The average Bonchev–Trinajstić information content (AvgIpc) is 2.33. The van der Waals surface area contributed by atoms with Crippen LogP contribution in [0.3, 0.4) is 0 Å². The van der Waals surface area contributed by atoms with Crippen LogP contribution in [0.2, 0.25) is 0 Å². The smallest absolute Gasteiger partial charge is 0.154 e. The highest BCUT2D eigenvalue weighted by Gasteiger charge is 2.31. The van der Waals surface area contributed by atoms with E-state index in [4.69, 9.17) is 0 Å². The highest BCUT2D eigenvalue weighted by molar-refractivity contribution is 7.92. The fourth-order valence-electron chi connectivity index (χ4n) is 2.88. The minimum absolute atomic E-state index is 0.0634. The second-order valence-electron chi connectivity index (χ2n) is 5.43. The molecule has 0 amide bonds. The molecule has 1 aliphatic heterocycles. The summed E-state index contributed by atoms with van der Waals surface area (Å²) in [5, 5.41) is 3.22. The molecule has 0 aromatic heterocycles. The highest BCUT2D eigenvalue weighted by atomic mass is 32.2. The zero-order chi connectivity index (χ0) is 12.3. The Morgan fingerprint density at radius 2 is 1.94 bits per heavy atom. The lowest BCUT2D eigenvalue weighted by atomic mass is 10.0. The van der Waals surface area contributed by atoms with Gasteiger partial charge in [0.25, 0.3) is 0 Å². The summed E-state index contributed by atoms with van der Waals surface area (Å²) in [5.41, 5.74) is 0. The third-order valence-electron chi connectivity index (χ3n) is 4.13.